The number of aromatic carboxylic acids is 1. The van der Waals surface area contributed by atoms with Crippen molar-refractivity contribution in [3.05, 3.63) is 24.0 Å². The van der Waals surface area contributed by atoms with E-state index in [4.69, 9.17) is 10.2 Å². The van der Waals surface area contributed by atoms with Crippen LogP contribution in [-0.4, -0.2) is 21.2 Å². The summed E-state index contributed by atoms with van der Waals surface area (Å²) in [6.07, 6.45) is 2.40. The van der Waals surface area contributed by atoms with Crippen molar-refractivity contribution in [2.24, 2.45) is 0 Å². The summed E-state index contributed by atoms with van der Waals surface area (Å²) in [6, 6.07) is 1.23. The highest BCUT2D eigenvalue weighted by Gasteiger charge is 2.06. The van der Waals surface area contributed by atoms with Gasteiger partial charge in [0.25, 0.3) is 0 Å². The summed E-state index contributed by atoms with van der Waals surface area (Å²) in [4.78, 5) is 13.7. The zero-order valence-corrected chi connectivity index (χ0v) is 6.21. The Morgan fingerprint density at radius 1 is 1.55 bits per heavy atom. The number of carboxylic acids is 1. The van der Waals surface area contributed by atoms with E-state index in [0.29, 0.717) is 0 Å². The minimum Gasteiger partial charge on any atom is -0.505 e. The molecule has 0 fully saturated rings. The van der Waals surface area contributed by atoms with E-state index in [1.165, 1.54) is 12.3 Å². The van der Waals surface area contributed by atoms with Crippen molar-refractivity contribution in [2.45, 2.75) is 0 Å². The third-order valence-corrected chi connectivity index (χ3v) is 1.03. The quantitative estimate of drug-likeness (QED) is 0.666. The molecular weight excluding hydrogens is 170 g/mol. The van der Waals surface area contributed by atoms with Gasteiger partial charge in [0.15, 0.2) is 0 Å². The number of rotatable bonds is 1. The highest BCUT2D eigenvalue weighted by molar-refractivity contribution is 5.90. The van der Waals surface area contributed by atoms with Gasteiger partial charge >= 0.3 is 5.97 Å². The van der Waals surface area contributed by atoms with Gasteiger partial charge in [-0.1, -0.05) is 0 Å². The molecule has 1 aromatic rings. The molecule has 0 aliphatic carbocycles. The Morgan fingerprint density at radius 3 is 2.55 bits per heavy atom. The number of nitrogens with zero attached hydrogens (tertiary/aromatic N) is 1. The maximum atomic E-state index is 10.2. The summed E-state index contributed by atoms with van der Waals surface area (Å²) in [5.74, 6) is -1.46. The summed E-state index contributed by atoms with van der Waals surface area (Å²) >= 11 is 0. The van der Waals surface area contributed by atoms with Gasteiger partial charge in [-0.25, -0.2) is 4.79 Å². The summed E-state index contributed by atoms with van der Waals surface area (Å²) in [5, 5.41) is 17.2. The molecule has 0 bridgehead atoms. The van der Waals surface area contributed by atoms with Crippen LogP contribution in [-0.2, 0) is 0 Å². The lowest BCUT2D eigenvalue weighted by Crippen LogP contribution is -1.96. The number of hydrogen-bond acceptors (Lipinski definition) is 3. The lowest BCUT2D eigenvalue weighted by Gasteiger charge is -1.94. The second kappa shape index (κ2) is 3.78. The van der Waals surface area contributed by atoms with E-state index in [2.05, 4.69) is 4.98 Å². The van der Waals surface area contributed by atoms with Gasteiger partial charge in [0.2, 0.25) is 0 Å². The maximum Gasteiger partial charge on any atom is 0.339 e. The Hall–Kier alpha value is -1.29. The lowest BCUT2D eigenvalue weighted by atomic mass is 10.2. The highest BCUT2D eigenvalue weighted by Crippen LogP contribution is 2.12. The van der Waals surface area contributed by atoms with Crippen LogP contribution in [0.1, 0.15) is 10.4 Å². The van der Waals surface area contributed by atoms with Gasteiger partial charge in [0.05, 0.1) is 6.20 Å². The Kier molecular flexibility index (Phi) is 3.33. The molecule has 0 saturated heterocycles. The van der Waals surface area contributed by atoms with E-state index in [1.807, 2.05) is 0 Å². The van der Waals surface area contributed by atoms with E-state index in [0.717, 1.165) is 6.20 Å². The highest BCUT2D eigenvalue weighted by atomic mass is 35.5. The van der Waals surface area contributed by atoms with Gasteiger partial charge < -0.3 is 10.2 Å². The van der Waals surface area contributed by atoms with Gasteiger partial charge in [-0.2, -0.15) is 0 Å². The predicted molar refractivity (Wildman–Crippen MR) is 40.1 cm³/mol. The molecule has 4 nitrogen and oxygen atoms in total. The smallest absolute Gasteiger partial charge is 0.339 e. The van der Waals surface area contributed by atoms with Crippen LogP contribution in [0, 0.1) is 0 Å². The van der Waals surface area contributed by atoms with Gasteiger partial charge in [-0.05, 0) is 6.07 Å². The van der Waals surface area contributed by atoms with Crippen molar-refractivity contribution < 1.29 is 15.0 Å². The second-order valence-corrected chi connectivity index (χ2v) is 1.70. The average molecular weight is 176 g/mol. The minimum absolute atomic E-state index is 0. The molecule has 0 aliphatic heterocycles. The van der Waals surface area contributed by atoms with Crippen molar-refractivity contribution >= 4 is 18.4 Å². The summed E-state index contributed by atoms with van der Waals surface area (Å²) in [7, 11) is 0. The summed E-state index contributed by atoms with van der Waals surface area (Å²) in [6.45, 7) is 0. The third kappa shape index (κ3) is 2.09. The Bertz CT molecular complexity index is 264. The van der Waals surface area contributed by atoms with Crippen LogP contribution in [0.25, 0.3) is 0 Å². The number of aromatic hydroxyl groups is 1. The first-order chi connectivity index (χ1) is 4.72. The molecule has 2 N–H and O–H groups in total. The molecule has 0 amide bonds. The molecule has 1 aromatic heterocycles. The van der Waals surface area contributed by atoms with E-state index in [1.54, 1.807) is 0 Å². The SMILES string of the molecule is Cl.O=C(O)c1ccncc1O. The molecule has 5 heteroatoms. The van der Waals surface area contributed by atoms with Gasteiger partial charge in [-0.15, -0.1) is 12.4 Å². The minimum atomic E-state index is -1.15. The van der Waals surface area contributed by atoms with Crippen LogP contribution < -0.4 is 0 Å². The largest absolute Gasteiger partial charge is 0.505 e. The van der Waals surface area contributed by atoms with Crippen LogP contribution in [0.2, 0.25) is 0 Å². The van der Waals surface area contributed by atoms with E-state index >= 15 is 0 Å². The molecule has 0 aliphatic rings. The Labute approximate surface area is 68.9 Å². The molecule has 0 saturated carbocycles. The van der Waals surface area contributed by atoms with Gasteiger partial charge in [0, 0.05) is 6.20 Å². The van der Waals surface area contributed by atoms with Crippen molar-refractivity contribution in [1.29, 1.82) is 0 Å². The van der Waals surface area contributed by atoms with E-state index in [9.17, 15) is 4.79 Å². The first-order valence-electron chi connectivity index (χ1n) is 2.58. The number of aromatic nitrogens is 1. The number of hydrogen-bond donors (Lipinski definition) is 2. The molecule has 0 unspecified atom stereocenters. The molecular formula is C6H6ClNO3. The topological polar surface area (TPSA) is 70.4 Å². The number of pyridine rings is 1. The molecule has 60 valence electrons. The monoisotopic (exact) mass is 175 g/mol. The van der Waals surface area contributed by atoms with Crippen LogP contribution >= 0.6 is 12.4 Å². The maximum absolute atomic E-state index is 10.2. The fraction of sp³-hybridized carbons (Fsp3) is 0. The van der Waals surface area contributed by atoms with Crippen LogP contribution in [0.15, 0.2) is 18.5 Å². The van der Waals surface area contributed by atoms with Crippen molar-refractivity contribution in [3.8, 4) is 5.75 Å². The fourth-order valence-electron chi connectivity index (χ4n) is 0.567. The average Bonchev–Trinajstić information content (AvgIpc) is 1.88. The first kappa shape index (κ1) is 9.71. The molecule has 0 spiro atoms. The fourth-order valence-corrected chi connectivity index (χ4v) is 0.567. The number of halogens is 1. The summed E-state index contributed by atoms with van der Waals surface area (Å²) in [5.41, 5.74) is -0.130. The standard InChI is InChI=1S/C6H5NO3.ClH/c8-5-3-7-2-1-4(5)6(9)10;/h1-3,8H,(H,9,10);1H. The molecule has 0 atom stereocenters. The molecule has 0 radical (unpaired) electrons. The van der Waals surface area contributed by atoms with Gasteiger partial charge in [0.1, 0.15) is 11.3 Å². The lowest BCUT2D eigenvalue weighted by molar-refractivity contribution is 0.0693. The van der Waals surface area contributed by atoms with E-state index < -0.39 is 5.97 Å². The van der Waals surface area contributed by atoms with Crippen molar-refractivity contribution in [3.63, 3.8) is 0 Å². The van der Waals surface area contributed by atoms with Gasteiger partial charge in [-0.3, -0.25) is 4.98 Å². The van der Waals surface area contributed by atoms with Crippen LogP contribution in [0.5, 0.6) is 5.75 Å². The summed E-state index contributed by atoms with van der Waals surface area (Å²) < 4.78 is 0. The second-order valence-electron chi connectivity index (χ2n) is 1.70. The number of carbonyl (C=O) groups is 1. The number of carboxylic acid groups (broad SMARTS) is 1. The molecule has 11 heavy (non-hydrogen) atoms. The zero-order chi connectivity index (χ0) is 7.56. The first-order valence-corrected chi connectivity index (χ1v) is 2.58. The third-order valence-electron chi connectivity index (χ3n) is 1.03. The van der Waals surface area contributed by atoms with Crippen LogP contribution in [0.4, 0.5) is 0 Å². The molecule has 1 rings (SSSR count). The molecule has 1 heterocycles. The van der Waals surface area contributed by atoms with E-state index in [-0.39, 0.29) is 23.7 Å². The Balaban J connectivity index is 0.000001000. The van der Waals surface area contributed by atoms with Crippen molar-refractivity contribution in [2.75, 3.05) is 0 Å². The van der Waals surface area contributed by atoms with Crippen LogP contribution in [0.3, 0.4) is 0 Å². The van der Waals surface area contributed by atoms with Crippen molar-refractivity contribution in [1.82, 2.24) is 4.98 Å². The predicted octanol–water partition coefficient (Wildman–Crippen LogP) is 0.907. The Morgan fingerprint density at radius 2 is 2.18 bits per heavy atom. The molecule has 0 aromatic carbocycles. The zero-order valence-electron chi connectivity index (χ0n) is 5.39. The normalized spacial score (nSPS) is 8.36.